The number of imide groups is 2. The largest absolute Gasteiger partial charge is 0.493 e. The minimum Gasteiger partial charge on any atom is -0.493 e. The summed E-state index contributed by atoms with van der Waals surface area (Å²) in [6.45, 7) is 2.12. The summed E-state index contributed by atoms with van der Waals surface area (Å²) in [5.41, 5.74) is 1.45. The molecule has 0 aliphatic carbocycles. The number of hydrogen-bond acceptors (Lipinski definition) is 7. The lowest BCUT2D eigenvalue weighted by molar-refractivity contribution is -0.122. The summed E-state index contributed by atoms with van der Waals surface area (Å²) in [6.07, 6.45) is 1.31. The van der Waals surface area contributed by atoms with Crippen LogP contribution in [0.4, 0.5) is 10.5 Å². The number of barbiturate groups is 1. The van der Waals surface area contributed by atoms with Crippen LogP contribution < -0.4 is 19.7 Å². The van der Waals surface area contributed by atoms with E-state index in [1.165, 1.54) is 43.5 Å². The van der Waals surface area contributed by atoms with Gasteiger partial charge in [0.1, 0.15) is 12.2 Å². The number of amides is 4. The minimum atomic E-state index is -0.918. The first-order chi connectivity index (χ1) is 20.3. The van der Waals surface area contributed by atoms with Crippen LogP contribution in [-0.2, 0) is 20.9 Å². The molecule has 1 aliphatic rings. The van der Waals surface area contributed by atoms with Crippen LogP contribution in [-0.4, -0.2) is 37.5 Å². The van der Waals surface area contributed by atoms with Gasteiger partial charge in [-0.25, -0.2) is 14.5 Å². The van der Waals surface area contributed by atoms with E-state index in [9.17, 15) is 19.2 Å². The van der Waals surface area contributed by atoms with Crippen LogP contribution in [0.3, 0.4) is 0 Å². The Morgan fingerprint density at radius 2 is 1.71 bits per heavy atom. The second-order valence-corrected chi connectivity index (χ2v) is 9.59. The SMILES string of the molecule is CCOC(=O)c1ccc(N2C(=O)NC(=O)/C(=C\c3cc(Cl)c(OCc4cccc5ccccc45)c(OC)c3)C2=O)cc1. The number of nitrogens with zero attached hydrogens (tertiary/aromatic N) is 1. The number of carbonyl (C=O) groups excluding carboxylic acids is 4. The van der Waals surface area contributed by atoms with E-state index in [0.717, 1.165) is 21.2 Å². The van der Waals surface area contributed by atoms with Crippen molar-refractivity contribution >= 4 is 58.0 Å². The Labute approximate surface area is 246 Å². The molecule has 0 bridgehead atoms. The molecule has 4 amide bonds. The van der Waals surface area contributed by atoms with Crippen molar-refractivity contribution in [1.29, 1.82) is 0 Å². The Hall–Kier alpha value is -5.15. The molecule has 1 heterocycles. The molecule has 9 nitrogen and oxygen atoms in total. The van der Waals surface area contributed by atoms with Gasteiger partial charge < -0.3 is 14.2 Å². The molecule has 0 aromatic heterocycles. The summed E-state index contributed by atoms with van der Waals surface area (Å²) >= 11 is 6.58. The van der Waals surface area contributed by atoms with E-state index in [4.69, 9.17) is 25.8 Å². The first-order valence-electron chi connectivity index (χ1n) is 13.0. The van der Waals surface area contributed by atoms with Crippen LogP contribution in [0.25, 0.3) is 16.8 Å². The second kappa shape index (κ2) is 12.2. The molecule has 212 valence electrons. The van der Waals surface area contributed by atoms with Gasteiger partial charge in [-0.1, -0.05) is 54.1 Å². The molecule has 0 saturated carbocycles. The predicted octanol–water partition coefficient (Wildman–Crippen LogP) is 5.92. The molecule has 1 aliphatic heterocycles. The highest BCUT2D eigenvalue weighted by Crippen LogP contribution is 2.38. The lowest BCUT2D eigenvalue weighted by atomic mass is 10.1. The van der Waals surface area contributed by atoms with Crippen molar-refractivity contribution < 1.29 is 33.4 Å². The summed E-state index contributed by atoms with van der Waals surface area (Å²) in [5.74, 6) is -1.66. The highest BCUT2D eigenvalue weighted by Gasteiger charge is 2.37. The van der Waals surface area contributed by atoms with Crippen molar-refractivity contribution in [3.8, 4) is 11.5 Å². The second-order valence-electron chi connectivity index (χ2n) is 9.19. The maximum atomic E-state index is 13.3. The smallest absolute Gasteiger partial charge is 0.338 e. The number of methoxy groups -OCH3 is 1. The molecule has 0 unspecified atom stereocenters. The summed E-state index contributed by atoms with van der Waals surface area (Å²) in [5, 5.41) is 4.50. The Bertz CT molecular complexity index is 1740. The maximum Gasteiger partial charge on any atom is 0.338 e. The number of anilines is 1. The van der Waals surface area contributed by atoms with E-state index in [2.05, 4.69) is 5.32 Å². The van der Waals surface area contributed by atoms with Gasteiger partial charge in [0.15, 0.2) is 11.5 Å². The normalized spacial score (nSPS) is 14.2. The van der Waals surface area contributed by atoms with E-state index in [1.807, 2.05) is 42.5 Å². The molecule has 42 heavy (non-hydrogen) atoms. The van der Waals surface area contributed by atoms with Crippen LogP contribution in [0, 0.1) is 0 Å². The Balaban J connectivity index is 1.41. The molecule has 1 N–H and O–H groups in total. The average molecular weight is 585 g/mol. The van der Waals surface area contributed by atoms with Crippen LogP contribution in [0.15, 0.2) is 84.4 Å². The number of ether oxygens (including phenoxy) is 3. The number of nitrogens with one attached hydrogen (secondary N) is 1. The molecule has 1 saturated heterocycles. The summed E-state index contributed by atoms with van der Waals surface area (Å²) in [4.78, 5) is 51.4. The molecule has 4 aromatic carbocycles. The number of halogens is 1. The van der Waals surface area contributed by atoms with Gasteiger partial charge in [0, 0.05) is 0 Å². The van der Waals surface area contributed by atoms with Crippen LogP contribution in [0.5, 0.6) is 11.5 Å². The van der Waals surface area contributed by atoms with Crippen LogP contribution in [0.1, 0.15) is 28.4 Å². The fraction of sp³-hybridized carbons (Fsp3) is 0.125. The zero-order valence-electron chi connectivity index (χ0n) is 22.7. The number of urea groups is 1. The molecule has 10 heteroatoms. The van der Waals surface area contributed by atoms with E-state index in [0.29, 0.717) is 17.1 Å². The van der Waals surface area contributed by atoms with E-state index in [1.54, 1.807) is 13.0 Å². The minimum absolute atomic E-state index is 0.164. The number of rotatable bonds is 8. The van der Waals surface area contributed by atoms with Gasteiger partial charge in [0.25, 0.3) is 11.8 Å². The monoisotopic (exact) mass is 584 g/mol. The number of benzene rings is 4. The zero-order valence-corrected chi connectivity index (χ0v) is 23.4. The molecule has 0 atom stereocenters. The van der Waals surface area contributed by atoms with E-state index >= 15 is 0 Å². The topological polar surface area (TPSA) is 111 Å². The summed E-state index contributed by atoms with van der Waals surface area (Å²) in [6, 6.07) is 21.8. The fourth-order valence-electron chi connectivity index (χ4n) is 4.55. The molecular weight excluding hydrogens is 560 g/mol. The Morgan fingerprint density at radius 1 is 0.976 bits per heavy atom. The van der Waals surface area contributed by atoms with Gasteiger partial charge in [0.05, 0.1) is 30.0 Å². The average Bonchev–Trinajstić information content (AvgIpc) is 2.99. The van der Waals surface area contributed by atoms with E-state index < -0.39 is 23.8 Å². The van der Waals surface area contributed by atoms with Crippen molar-refractivity contribution in [2.45, 2.75) is 13.5 Å². The highest BCUT2D eigenvalue weighted by molar-refractivity contribution is 6.39. The predicted molar refractivity (Wildman–Crippen MR) is 158 cm³/mol. The molecule has 1 fully saturated rings. The molecule has 0 spiro atoms. The third-order valence-electron chi connectivity index (χ3n) is 6.55. The van der Waals surface area contributed by atoms with Gasteiger partial charge in [-0.3, -0.25) is 14.9 Å². The third-order valence-corrected chi connectivity index (χ3v) is 6.83. The van der Waals surface area contributed by atoms with Gasteiger partial charge in [-0.15, -0.1) is 0 Å². The Kier molecular flexibility index (Phi) is 8.21. The number of carbonyl (C=O) groups is 4. The molecular formula is C32H25ClN2O7. The lowest BCUT2D eigenvalue weighted by Crippen LogP contribution is -2.54. The van der Waals surface area contributed by atoms with Gasteiger partial charge in [-0.2, -0.15) is 0 Å². The fourth-order valence-corrected chi connectivity index (χ4v) is 4.82. The van der Waals surface area contributed by atoms with Crippen molar-refractivity contribution in [2.24, 2.45) is 0 Å². The first kappa shape index (κ1) is 28.4. The third kappa shape index (κ3) is 5.68. The van der Waals surface area contributed by atoms with Crippen molar-refractivity contribution in [3.63, 3.8) is 0 Å². The standard InChI is InChI=1S/C32H25ClN2O7/c1-3-41-31(38)21-11-13-23(14-12-21)35-30(37)25(29(36)34-32(35)39)15-19-16-26(33)28(27(17-19)40-2)42-18-22-9-6-8-20-7-4-5-10-24(20)22/h4-17H,3,18H2,1-2H3,(H,34,36,39)/b25-15+. The highest BCUT2D eigenvalue weighted by atomic mass is 35.5. The molecule has 0 radical (unpaired) electrons. The molecule has 4 aromatic rings. The maximum absolute atomic E-state index is 13.3. The zero-order chi connectivity index (χ0) is 29.8. The van der Waals surface area contributed by atoms with E-state index in [-0.39, 0.29) is 35.1 Å². The van der Waals surface area contributed by atoms with Crippen molar-refractivity contribution in [1.82, 2.24) is 5.32 Å². The van der Waals surface area contributed by atoms with Crippen LogP contribution in [0.2, 0.25) is 5.02 Å². The first-order valence-corrected chi connectivity index (χ1v) is 13.3. The van der Waals surface area contributed by atoms with Crippen molar-refractivity contribution in [3.05, 3.63) is 106 Å². The summed E-state index contributed by atoms with van der Waals surface area (Å²) in [7, 11) is 1.45. The molecule has 5 rings (SSSR count). The van der Waals surface area contributed by atoms with Gasteiger partial charge >= 0.3 is 12.0 Å². The van der Waals surface area contributed by atoms with Gasteiger partial charge in [0.2, 0.25) is 0 Å². The van der Waals surface area contributed by atoms with Gasteiger partial charge in [-0.05, 0) is 71.3 Å². The number of esters is 1. The Morgan fingerprint density at radius 3 is 2.45 bits per heavy atom. The quantitative estimate of drug-likeness (QED) is 0.155. The number of hydrogen-bond donors (Lipinski definition) is 1. The summed E-state index contributed by atoms with van der Waals surface area (Å²) < 4.78 is 16.5. The lowest BCUT2D eigenvalue weighted by Gasteiger charge is -2.26. The van der Waals surface area contributed by atoms with Crippen molar-refractivity contribution in [2.75, 3.05) is 18.6 Å². The van der Waals surface area contributed by atoms with Crippen LogP contribution >= 0.6 is 11.6 Å². The number of fused-ring (bicyclic) bond motifs is 1.